The van der Waals surface area contributed by atoms with Crippen molar-refractivity contribution < 1.29 is 14.6 Å². The maximum atomic E-state index is 11.1. The van der Waals surface area contributed by atoms with Crippen LogP contribution in [0.1, 0.15) is 10.4 Å². The average Bonchev–Trinajstić information content (AvgIpc) is 2.41. The second kappa shape index (κ2) is 6.03. The number of benzene rings is 2. The van der Waals surface area contributed by atoms with Crippen LogP contribution in [0, 0.1) is 0 Å². The van der Waals surface area contributed by atoms with E-state index in [1.165, 1.54) is 6.07 Å². The van der Waals surface area contributed by atoms with Crippen molar-refractivity contribution in [1.29, 1.82) is 0 Å². The molecule has 0 radical (unpaired) electrons. The standard InChI is InChI=1S/C14H12N2O3S/c15-14(20)16-9-5-7-10(8-6-9)19-12-4-2-1-3-11(12)13(17)18/h1-8H,(H,17,18)(H3,15,16,20). The van der Waals surface area contributed by atoms with Gasteiger partial charge in [-0.25, -0.2) is 4.79 Å². The summed E-state index contributed by atoms with van der Waals surface area (Å²) >= 11 is 4.73. The van der Waals surface area contributed by atoms with Gasteiger partial charge in [-0.2, -0.15) is 0 Å². The van der Waals surface area contributed by atoms with Crippen molar-refractivity contribution in [1.82, 2.24) is 0 Å². The summed E-state index contributed by atoms with van der Waals surface area (Å²) < 4.78 is 5.56. The molecule has 0 atom stereocenters. The van der Waals surface area contributed by atoms with Crippen molar-refractivity contribution in [2.45, 2.75) is 0 Å². The maximum Gasteiger partial charge on any atom is 0.339 e. The third-order valence-corrected chi connectivity index (χ3v) is 2.57. The van der Waals surface area contributed by atoms with Crippen LogP contribution in [0.25, 0.3) is 0 Å². The molecule has 4 N–H and O–H groups in total. The first-order chi connectivity index (χ1) is 9.56. The lowest BCUT2D eigenvalue weighted by Gasteiger charge is -2.09. The molecule has 0 spiro atoms. The number of hydrogen-bond donors (Lipinski definition) is 3. The van der Waals surface area contributed by atoms with E-state index in [4.69, 9.17) is 27.8 Å². The van der Waals surface area contributed by atoms with Gasteiger partial charge in [-0.1, -0.05) is 12.1 Å². The molecule has 102 valence electrons. The first-order valence-corrected chi connectivity index (χ1v) is 6.14. The Kier molecular flexibility index (Phi) is 4.17. The molecule has 20 heavy (non-hydrogen) atoms. The summed E-state index contributed by atoms with van der Waals surface area (Å²) in [6.45, 7) is 0. The number of thiocarbonyl (C=S) groups is 1. The van der Waals surface area contributed by atoms with Gasteiger partial charge in [-0.15, -0.1) is 0 Å². The van der Waals surface area contributed by atoms with Crippen LogP contribution in [-0.4, -0.2) is 16.2 Å². The Labute approximate surface area is 121 Å². The predicted octanol–water partition coefficient (Wildman–Crippen LogP) is 2.83. The minimum atomic E-state index is -1.03. The van der Waals surface area contributed by atoms with Gasteiger partial charge in [0.1, 0.15) is 17.1 Å². The van der Waals surface area contributed by atoms with Crippen molar-refractivity contribution in [3.63, 3.8) is 0 Å². The smallest absolute Gasteiger partial charge is 0.339 e. The number of carbonyl (C=O) groups is 1. The third kappa shape index (κ3) is 3.46. The Balaban J connectivity index is 2.18. The lowest BCUT2D eigenvalue weighted by atomic mass is 10.2. The van der Waals surface area contributed by atoms with Gasteiger partial charge >= 0.3 is 5.97 Å². The Hall–Kier alpha value is -2.60. The number of anilines is 1. The maximum absolute atomic E-state index is 11.1. The summed E-state index contributed by atoms with van der Waals surface area (Å²) in [5.74, 6) is -0.227. The van der Waals surface area contributed by atoms with Gasteiger partial charge in [0.25, 0.3) is 0 Å². The molecule has 0 unspecified atom stereocenters. The Morgan fingerprint density at radius 3 is 2.40 bits per heavy atom. The lowest BCUT2D eigenvalue weighted by Crippen LogP contribution is -2.18. The topological polar surface area (TPSA) is 84.6 Å². The van der Waals surface area contributed by atoms with Crippen LogP contribution >= 0.6 is 12.2 Å². The monoisotopic (exact) mass is 288 g/mol. The fourth-order valence-electron chi connectivity index (χ4n) is 1.61. The van der Waals surface area contributed by atoms with Crippen LogP contribution in [-0.2, 0) is 0 Å². The van der Waals surface area contributed by atoms with E-state index in [1.54, 1.807) is 42.5 Å². The number of nitrogens with two attached hydrogens (primary N) is 1. The Morgan fingerprint density at radius 1 is 1.15 bits per heavy atom. The highest BCUT2D eigenvalue weighted by Gasteiger charge is 2.10. The SMILES string of the molecule is NC(=S)Nc1ccc(Oc2ccccc2C(=O)O)cc1. The number of hydrogen-bond acceptors (Lipinski definition) is 3. The molecule has 0 aliphatic rings. The highest BCUT2D eigenvalue weighted by Crippen LogP contribution is 2.26. The summed E-state index contributed by atoms with van der Waals surface area (Å²) in [6, 6.07) is 13.3. The number of nitrogens with one attached hydrogen (secondary N) is 1. The molecule has 0 heterocycles. The molecule has 5 nitrogen and oxygen atoms in total. The number of carboxylic acid groups (broad SMARTS) is 1. The number of para-hydroxylation sites is 1. The van der Waals surface area contributed by atoms with Gasteiger partial charge < -0.3 is 20.9 Å². The fraction of sp³-hybridized carbons (Fsp3) is 0. The number of aromatic carboxylic acids is 1. The molecular weight excluding hydrogens is 276 g/mol. The average molecular weight is 288 g/mol. The molecule has 0 saturated heterocycles. The fourth-order valence-corrected chi connectivity index (χ4v) is 1.73. The van der Waals surface area contributed by atoms with Crippen LogP contribution in [0.15, 0.2) is 48.5 Å². The quantitative estimate of drug-likeness (QED) is 0.750. The zero-order valence-corrected chi connectivity index (χ0v) is 11.2. The summed E-state index contributed by atoms with van der Waals surface area (Å²) in [6.07, 6.45) is 0. The number of ether oxygens (including phenoxy) is 1. The van der Waals surface area contributed by atoms with Crippen molar-refractivity contribution in [2.24, 2.45) is 5.73 Å². The van der Waals surface area contributed by atoms with Crippen molar-refractivity contribution >= 4 is 29.0 Å². The normalized spacial score (nSPS) is 9.80. The highest BCUT2D eigenvalue weighted by molar-refractivity contribution is 7.80. The molecule has 0 amide bonds. The van der Waals surface area contributed by atoms with E-state index in [-0.39, 0.29) is 16.4 Å². The zero-order chi connectivity index (χ0) is 14.5. The van der Waals surface area contributed by atoms with E-state index in [1.807, 2.05) is 0 Å². The van der Waals surface area contributed by atoms with Gasteiger partial charge in [0, 0.05) is 5.69 Å². The Bertz CT molecular complexity index is 641. The van der Waals surface area contributed by atoms with E-state index in [0.29, 0.717) is 5.75 Å². The molecular formula is C14H12N2O3S. The largest absolute Gasteiger partial charge is 0.478 e. The molecule has 0 fully saturated rings. The Morgan fingerprint density at radius 2 is 1.80 bits per heavy atom. The zero-order valence-electron chi connectivity index (χ0n) is 10.4. The molecule has 0 aromatic heterocycles. The van der Waals surface area contributed by atoms with E-state index < -0.39 is 5.97 Å². The number of carboxylic acids is 1. The third-order valence-electron chi connectivity index (χ3n) is 2.47. The minimum absolute atomic E-state index is 0.109. The number of rotatable bonds is 4. The second-order valence-electron chi connectivity index (χ2n) is 3.92. The second-order valence-corrected chi connectivity index (χ2v) is 4.36. The van der Waals surface area contributed by atoms with Gasteiger partial charge in [-0.05, 0) is 48.6 Å². The predicted molar refractivity (Wildman–Crippen MR) is 80.3 cm³/mol. The minimum Gasteiger partial charge on any atom is -0.478 e. The molecule has 6 heteroatoms. The van der Waals surface area contributed by atoms with Gasteiger partial charge in [-0.3, -0.25) is 0 Å². The first kappa shape index (κ1) is 13.8. The van der Waals surface area contributed by atoms with Crippen LogP contribution in [0.2, 0.25) is 0 Å². The van der Waals surface area contributed by atoms with E-state index in [9.17, 15) is 4.79 Å². The van der Waals surface area contributed by atoms with E-state index >= 15 is 0 Å². The summed E-state index contributed by atoms with van der Waals surface area (Å²) in [4.78, 5) is 11.1. The van der Waals surface area contributed by atoms with Gasteiger partial charge in [0.2, 0.25) is 0 Å². The summed E-state index contributed by atoms with van der Waals surface area (Å²) in [5, 5.41) is 12.0. The van der Waals surface area contributed by atoms with Gasteiger partial charge in [0.15, 0.2) is 5.11 Å². The summed E-state index contributed by atoms with van der Waals surface area (Å²) in [5.41, 5.74) is 6.20. The van der Waals surface area contributed by atoms with Crippen molar-refractivity contribution in [3.05, 3.63) is 54.1 Å². The van der Waals surface area contributed by atoms with Crippen LogP contribution in [0.5, 0.6) is 11.5 Å². The molecule has 2 aromatic carbocycles. The van der Waals surface area contributed by atoms with E-state index in [0.717, 1.165) is 5.69 Å². The highest BCUT2D eigenvalue weighted by atomic mass is 32.1. The van der Waals surface area contributed by atoms with Gasteiger partial charge in [0.05, 0.1) is 0 Å². The lowest BCUT2D eigenvalue weighted by molar-refractivity contribution is 0.0694. The molecule has 0 aliphatic heterocycles. The van der Waals surface area contributed by atoms with Crippen molar-refractivity contribution in [2.75, 3.05) is 5.32 Å². The first-order valence-electron chi connectivity index (χ1n) is 5.73. The molecule has 0 aliphatic carbocycles. The van der Waals surface area contributed by atoms with Crippen LogP contribution < -0.4 is 15.8 Å². The van der Waals surface area contributed by atoms with Crippen LogP contribution in [0.3, 0.4) is 0 Å². The van der Waals surface area contributed by atoms with E-state index in [2.05, 4.69) is 5.32 Å². The molecule has 0 bridgehead atoms. The van der Waals surface area contributed by atoms with Crippen LogP contribution in [0.4, 0.5) is 5.69 Å². The molecule has 2 aromatic rings. The summed E-state index contributed by atoms with van der Waals surface area (Å²) in [7, 11) is 0. The molecule has 2 rings (SSSR count). The molecule has 0 saturated carbocycles. The van der Waals surface area contributed by atoms with Crippen molar-refractivity contribution in [3.8, 4) is 11.5 Å².